The van der Waals surface area contributed by atoms with Gasteiger partial charge < -0.3 is 9.15 Å². The van der Waals surface area contributed by atoms with Crippen LogP contribution in [0.25, 0.3) is 0 Å². The van der Waals surface area contributed by atoms with E-state index in [0.717, 1.165) is 6.42 Å². The highest BCUT2D eigenvalue weighted by atomic mass is 16.5. The molecular weight excluding hydrogens is 232 g/mol. The molecule has 98 valence electrons. The topological polar surface area (TPSA) is 75.3 Å². The predicted octanol–water partition coefficient (Wildman–Crippen LogP) is 1.83. The van der Waals surface area contributed by atoms with Gasteiger partial charge in [0.2, 0.25) is 5.76 Å². The van der Waals surface area contributed by atoms with E-state index in [4.69, 9.17) is 14.4 Å². The van der Waals surface area contributed by atoms with Crippen molar-refractivity contribution in [2.75, 3.05) is 7.11 Å². The van der Waals surface area contributed by atoms with Crippen LogP contribution in [0.15, 0.2) is 16.5 Å². The Kier molecular flexibility index (Phi) is 5.40. The molecule has 0 aromatic carbocycles. The smallest absolute Gasteiger partial charge is 0.323 e. The van der Waals surface area contributed by atoms with Crippen LogP contribution in [0.1, 0.15) is 31.8 Å². The molecule has 5 heteroatoms. The summed E-state index contributed by atoms with van der Waals surface area (Å²) in [6.45, 7) is 4.40. The number of rotatable bonds is 6. The van der Waals surface area contributed by atoms with E-state index >= 15 is 0 Å². The highest BCUT2D eigenvalue weighted by molar-refractivity contribution is 5.75. The van der Waals surface area contributed by atoms with E-state index in [2.05, 4.69) is 5.32 Å². The molecule has 0 aliphatic carbocycles. The van der Waals surface area contributed by atoms with Crippen molar-refractivity contribution in [3.8, 4) is 6.07 Å². The van der Waals surface area contributed by atoms with Crippen LogP contribution in [-0.2, 0) is 16.1 Å². The quantitative estimate of drug-likeness (QED) is 0.779. The molecule has 0 bridgehead atoms. The third kappa shape index (κ3) is 3.60. The summed E-state index contributed by atoms with van der Waals surface area (Å²) in [5.41, 5.74) is 0. The second-order valence-corrected chi connectivity index (χ2v) is 4.15. The number of carbonyl (C=O) groups excluding carboxylic acids is 1. The zero-order chi connectivity index (χ0) is 13.5. The van der Waals surface area contributed by atoms with E-state index in [0.29, 0.717) is 12.3 Å². The lowest BCUT2D eigenvalue weighted by Gasteiger charge is -2.21. The number of methoxy groups -OCH3 is 1. The lowest BCUT2D eigenvalue weighted by Crippen LogP contribution is -2.42. The van der Waals surface area contributed by atoms with Gasteiger partial charge in [-0.05, 0) is 18.1 Å². The first-order chi connectivity index (χ1) is 8.62. The van der Waals surface area contributed by atoms with Crippen molar-refractivity contribution in [2.45, 2.75) is 32.9 Å². The standard InChI is InChI=1S/C13H18N2O3/c1-4-9(2)12(13(16)17-3)15-8-11-6-5-10(7-14)18-11/h5-6,9,12,15H,4,8H2,1-3H3. The molecular formula is C13H18N2O3. The Labute approximate surface area is 107 Å². The first kappa shape index (κ1) is 14.3. The molecule has 1 rings (SSSR count). The lowest BCUT2D eigenvalue weighted by molar-refractivity contribution is -0.144. The summed E-state index contributed by atoms with van der Waals surface area (Å²) in [4.78, 5) is 11.6. The Bertz CT molecular complexity index is 434. The molecule has 5 nitrogen and oxygen atoms in total. The van der Waals surface area contributed by atoms with Gasteiger partial charge in [-0.15, -0.1) is 0 Å². The molecule has 0 fully saturated rings. The second-order valence-electron chi connectivity index (χ2n) is 4.15. The van der Waals surface area contributed by atoms with E-state index in [9.17, 15) is 4.79 Å². The third-order valence-electron chi connectivity index (χ3n) is 2.94. The molecule has 0 aliphatic heterocycles. The number of nitriles is 1. The fraction of sp³-hybridized carbons (Fsp3) is 0.538. The van der Waals surface area contributed by atoms with Gasteiger partial charge in [-0.3, -0.25) is 10.1 Å². The number of nitrogens with one attached hydrogen (secondary N) is 1. The minimum Gasteiger partial charge on any atom is -0.468 e. The zero-order valence-electron chi connectivity index (χ0n) is 10.9. The van der Waals surface area contributed by atoms with Crippen LogP contribution >= 0.6 is 0 Å². The van der Waals surface area contributed by atoms with Crippen molar-refractivity contribution in [1.29, 1.82) is 5.26 Å². The number of nitrogens with zero attached hydrogens (tertiary/aromatic N) is 1. The molecule has 0 spiro atoms. The fourth-order valence-electron chi connectivity index (χ4n) is 1.62. The molecule has 1 aromatic heterocycles. The van der Waals surface area contributed by atoms with Crippen molar-refractivity contribution in [2.24, 2.45) is 5.92 Å². The van der Waals surface area contributed by atoms with Crippen LogP contribution in [0.3, 0.4) is 0 Å². The van der Waals surface area contributed by atoms with Gasteiger partial charge in [0.15, 0.2) is 0 Å². The maximum atomic E-state index is 11.6. The predicted molar refractivity (Wildman–Crippen MR) is 65.5 cm³/mol. The third-order valence-corrected chi connectivity index (χ3v) is 2.94. The molecule has 1 heterocycles. The Morgan fingerprint density at radius 1 is 1.61 bits per heavy atom. The average molecular weight is 250 g/mol. The van der Waals surface area contributed by atoms with Crippen molar-refractivity contribution in [3.63, 3.8) is 0 Å². The van der Waals surface area contributed by atoms with Crippen molar-refractivity contribution >= 4 is 5.97 Å². The minimum atomic E-state index is -0.365. The Hall–Kier alpha value is -1.80. The van der Waals surface area contributed by atoms with E-state index in [-0.39, 0.29) is 23.7 Å². The van der Waals surface area contributed by atoms with Gasteiger partial charge in [0.1, 0.15) is 17.9 Å². The van der Waals surface area contributed by atoms with Crippen LogP contribution in [0.5, 0.6) is 0 Å². The summed E-state index contributed by atoms with van der Waals surface area (Å²) in [5.74, 6) is 0.785. The number of furan rings is 1. The maximum Gasteiger partial charge on any atom is 0.323 e. The number of carbonyl (C=O) groups is 1. The normalized spacial score (nSPS) is 13.7. The van der Waals surface area contributed by atoms with Gasteiger partial charge in [0.05, 0.1) is 13.7 Å². The first-order valence-corrected chi connectivity index (χ1v) is 5.92. The number of hydrogen-bond donors (Lipinski definition) is 1. The Balaban J connectivity index is 2.62. The van der Waals surface area contributed by atoms with Crippen LogP contribution < -0.4 is 5.32 Å². The monoisotopic (exact) mass is 250 g/mol. The maximum absolute atomic E-state index is 11.6. The summed E-state index contributed by atoms with van der Waals surface area (Å²) in [6, 6.07) is 4.87. The highest BCUT2D eigenvalue weighted by Crippen LogP contribution is 2.11. The number of esters is 1. The molecule has 2 atom stereocenters. The van der Waals surface area contributed by atoms with Gasteiger partial charge in [-0.25, -0.2) is 0 Å². The summed E-state index contributed by atoms with van der Waals surface area (Å²) in [5, 5.41) is 11.7. The van der Waals surface area contributed by atoms with E-state index in [1.807, 2.05) is 19.9 Å². The summed E-state index contributed by atoms with van der Waals surface area (Å²) < 4.78 is 10.00. The molecule has 0 amide bonds. The van der Waals surface area contributed by atoms with E-state index < -0.39 is 0 Å². The van der Waals surface area contributed by atoms with Crippen LogP contribution in [0.2, 0.25) is 0 Å². The van der Waals surface area contributed by atoms with Crippen LogP contribution in [0, 0.1) is 17.2 Å². The molecule has 1 aromatic rings. The average Bonchev–Trinajstić information content (AvgIpc) is 2.86. The second kappa shape index (κ2) is 6.82. The molecule has 0 radical (unpaired) electrons. The Morgan fingerprint density at radius 3 is 2.83 bits per heavy atom. The molecule has 0 saturated carbocycles. The number of ether oxygens (including phenoxy) is 1. The molecule has 18 heavy (non-hydrogen) atoms. The van der Waals surface area contributed by atoms with Crippen molar-refractivity contribution in [1.82, 2.24) is 5.32 Å². The van der Waals surface area contributed by atoms with Gasteiger partial charge in [0, 0.05) is 0 Å². The van der Waals surface area contributed by atoms with E-state index in [1.54, 1.807) is 12.1 Å². The summed E-state index contributed by atoms with van der Waals surface area (Å²) in [6.07, 6.45) is 0.869. The lowest BCUT2D eigenvalue weighted by atomic mass is 9.99. The van der Waals surface area contributed by atoms with Crippen molar-refractivity contribution < 1.29 is 13.9 Å². The largest absolute Gasteiger partial charge is 0.468 e. The van der Waals surface area contributed by atoms with Gasteiger partial charge >= 0.3 is 5.97 Å². The zero-order valence-corrected chi connectivity index (χ0v) is 10.9. The Morgan fingerprint density at radius 2 is 2.33 bits per heavy atom. The first-order valence-electron chi connectivity index (χ1n) is 5.92. The SMILES string of the molecule is CCC(C)C(NCc1ccc(C#N)o1)C(=O)OC. The fourth-order valence-corrected chi connectivity index (χ4v) is 1.62. The summed E-state index contributed by atoms with van der Waals surface area (Å²) >= 11 is 0. The molecule has 0 aliphatic rings. The van der Waals surface area contributed by atoms with Crippen molar-refractivity contribution in [3.05, 3.63) is 23.7 Å². The summed E-state index contributed by atoms with van der Waals surface area (Å²) in [7, 11) is 1.38. The van der Waals surface area contributed by atoms with E-state index in [1.165, 1.54) is 7.11 Å². The minimum absolute atomic E-state index is 0.169. The molecule has 1 N–H and O–H groups in total. The highest BCUT2D eigenvalue weighted by Gasteiger charge is 2.24. The molecule has 2 unspecified atom stereocenters. The van der Waals surface area contributed by atoms with Crippen LogP contribution in [-0.4, -0.2) is 19.1 Å². The van der Waals surface area contributed by atoms with Crippen LogP contribution in [0.4, 0.5) is 0 Å². The van der Waals surface area contributed by atoms with Gasteiger partial charge in [-0.1, -0.05) is 20.3 Å². The molecule has 0 saturated heterocycles. The van der Waals surface area contributed by atoms with Gasteiger partial charge in [-0.2, -0.15) is 5.26 Å². The van der Waals surface area contributed by atoms with Gasteiger partial charge in [0.25, 0.3) is 0 Å². The number of hydrogen-bond acceptors (Lipinski definition) is 5.